The lowest BCUT2D eigenvalue weighted by Crippen LogP contribution is -2.31. The van der Waals surface area contributed by atoms with E-state index in [0.29, 0.717) is 16.7 Å². The molecule has 0 unspecified atom stereocenters. The summed E-state index contributed by atoms with van der Waals surface area (Å²) >= 11 is 0. The number of halogens is 3. The Morgan fingerprint density at radius 3 is 2.70 bits per heavy atom. The highest BCUT2D eigenvalue weighted by Crippen LogP contribution is 2.31. The van der Waals surface area contributed by atoms with Crippen molar-refractivity contribution in [2.75, 3.05) is 11.9 Å². The molecule has 23 heavy (non-hydrogen) atoms. The maximum absolute atomic E-state index is 12.6. The smallest absolute Gasteiger partial charge is 0.356 e. The van der Waals surface area contributed by atoms with Crippen molar-refractivity contribution in [3.63, 3.8) is 0 Å². The molecule has 1 aliphatic rings. The molecule has 7 heteroatoms. The molecular weight excluding hydrogens is 305 g/mol. The van der Waals surface area contributed by atoms with Crippen LogP contribution < -0.4 is 10.6 Å². The highest BCUT2D eigenvalue weighted by Gasteiger charge is 2.29. The zero-order valence-corrected chi connectivity index (χ0v) is 12.8. The summed E-state index contributed by atoms with van der Waals surface area (Å²) < 4.78 is 37.9. The van der Waals surface area contributed by atoms with Gasteiger partial charge in [-0.25, -0.2) is 9.97 Å². The topological polar surface area (TPSA) is 55.0 Å². The van der Waals surface area contributed by atoms with Gasteiger partial charge in [0.15, 0.2) is 0 Å². The first-order valence-electron chi connectivity index (χ1n) is 7.62. The van der Waals surface area contributed by atoms with Crippen molar-refractivity contribution >= 4 is 16.7 Å². The molecular formula is C16H19F3N4. The molecule has 2 atom stereocenters. The van der Waals surface area contributed by atoms with Gasteiger partial charge in [0.2, 0.25) is 0 Å². The van der Waals surface area contributed by atoms with Crippen molar-refractivity contribution in [3.8, 4) is 0 Å². The Morgan fingerprint density at radius 2 is 2.04 bits per heavy atom. The third kappa shape index (κ3) is 3.55. The van der Waals surface area contributed by atoms with Crippen LogP contribution in [-0.4, -0.2) is 35.3 Å². The van der Waals surface area contributed by atoms with Crippen LogP contribution in [0.25, 0.3) is 10.9 Å². The van der Waals surface area contributed by atoms with Gasteiger partial charge in [-0.2, -0.15) is 13.2 Å². The molecule has 0 spiro atoms. The highest BCUT2D eigenvalue weighted by molar-refractivity contribution is 5.89. The average Bonchev–Trinajstić information content (AvgIpc) is 2.91. The zero-order chi connectivity index (χ0) is 16.6. The van der Waals surface area contributed by atoms with E-state index in [0.717, 1.165) is 19.3 Å². The van der Waals surface area contributed by atoms with Gasteiger partial charge >= 0.3 is 6.18 Å². The summed E-state index contributed by atoms with van der Waals surface area (Å²) in [6.45, 7) is 0. The normalized spacial score (nSPS) is 21.8. The fraction of sp³-hybridized carbons (Fsp3) is 0.500. The first-order valence-corrected chi connectivity index (χ1v) is 7.62. The first kappa shape index (κ1) is 16.0. The van der Waals surface area contributed by atoms with Crippen LogP contribution in [0.2, 0.25) is 0 Å². The second kappa shape index (κ2) is 5.96. The summed E-state index contributed by atoms with van der Waals surface area (Å²) in [5.74, 6) is 0.665. The molecule has 1 aromatic heterocycles. The van der Waals surface area contributed by atoms with Crippen LogP contribution in [0, 0.1) is 0 Å². The molecule has 0 bridgehead atoms. The van der Waals surface area contributed by atoms with Gasteiger partial charge in [-0.3, -0.25) is 0 Å². The number of fused-ring (bicyclic) bond motifs is 1. The molecule has 124 valence electrons. The van der Waals surface area contributed by atoms with Crippen molar-refractivity contribution in [3.05, 3.63) is 30.1 Å². The molecule has 0 aliphatic heterocycles. The molecule has 1 heterocycles. The van der Waals surface area contributed by atoms with Gasteiger partial charge in [0.1, 0.15) is 12.1 Å². The Hall–Kier alpha value is -1.89. The van der Waals surface area contributed by atoms with Gasteiger partial charge in [0.05, 0.1) is 11.9 Å². The lowest BCUT2D eigenvalue weighted by Gasteiger charge is -2.26. The van der Waals surface area contributed by atoms with Crippen LogP contribution in [0.1, 0.15) is 24.8 Å². The standard InChI is InChI=1S/C16H19F3N4/c1-23(12-4-3-11(20)7-12)15-13-6-10(8-16(17,18)19)2-5-14(13)21-9-22-15/h2,5-6,9,11-12H,3-4,7-8,20H2,1H3/t11-,12+/m0/s1. The van der Waals surface area contributed by atoms with Crippen molar-refractivity contribution in [2.24, 2.45) is 5.73 Å². The van der Waals surface area contributed by atoms with Crippen LogP contribution in [-0.2, 0) is 6.42 Å². The number of alkyl halides is 3. The number of benzene rings is 1. The third-order valence-corrected chi connectivity index (χ3v) is 4.41. The van der Waals surface area contributed by atoms with E-state index in [1.54, 1.807) is 12.1 Å². The van der Waals surface area contributed by atoms with Crippen LogP contribution in [0.15, 0.2) is 24.5 Å². The Balaban J connectivity index is 1.97. The highest BCUT2D eigenvalue weighted by atomic mass is 19.4. The van der Waals surface area contributed by atoms with Crippen LogP contribution in [0.3, 0.4) is 0 Å². The number of anilines is 1. The van der Waals surface area contributed by atoms with Gasteiger partial charge < -0.3 is 10.6 Å². The summed E-state index contributed by atoms with van der Waals surface area (Å²) in [5.41, 5.74) is 6.83. The zero-order valence-electron chi connectivity index (χ0n) is 12.8. The van der Waals surface area contributed by atoms with Crippen LogP contribution >= 0.6 is 0 Å². The molecule has 0 saturated heterocycles. The Bertz CT molecular complexity index is 701. The Morgan fingerprint density at radius 1 is 1.26 bits per heavy atom. The predicted molar refractivity (Wildman–Crippen MR) is 83.3 cm³/mol. The van der Waals surface area contributed by atoms with Crippen LogP contribution in [0.4, 0.5) is 19.0 Å². The lowest BCUT2D eigenvalue weighted by atomic mass is 10.1. The van der Waals surface area contributed by atoms with E-state index in [1.165, 1.54) is 12.4 Å². The molecule has 0 radical (unpaired) electrons. The number of hydrogen-bond acceptors (Lipinski definition) is 4. The number of nitrogens with zero attached hydrogens (tertiary/aromatic N) is 3. The monoisotopic (exact) mass is 324 g/mol. The second-order valence-corrected chi connectivity index (χ2v) is 6.18. The first-order chi connectivity index (χ1) is 10.8. The van der Waals surface area contributed by atoms with Crippen molar-refractivity contribution in [2.45, 2.75) is 43.9 Å². The minimum atomic E-state index is -4.23. The molecule has 1 fully saturated rings. The minimum absolute atomic E-state index is 0.177. The molecule has 2 N–H and O–H groups in total. The van der Waals surface area contributed by atoms with Crippen molar-refractivity contribution in [1.82, 2.24) is 9.97 Å². The lowest BCUT2D eigenvalue weighted by molar-refractivity contribution is -0.127. The van der Waals surface area contributed by atoms with Gasteiger partial charge in [-0.05, 0) is 37.0 Å². The SMILES string of the molecule is CN(c1ncnc2ccc(CC(F)(F)F)cc12)[C@@H]1CC[C@H](N)C1. The maximum atomic E-state index is 12.6. The predicted octanol–water partition coefficient (Wildman–Crippen LogP) is 3.05. The number of aromatic nitrogens is 2. The van der Waals surface area contributed by atoms with Crippen molar-refractivity contribution < 1.29 is 13.2 Å². The molecule has 1 aliphatic carbocycles. The van der Waals surface area contributed by atoms with Gasteiger partial charge in [-0.15, -0.1) is 0 Å². The summed E-state index contributed by atoms with van der Waals surface area (Å²) in [6, 6.07) is 5.07. The summed E-state index contributed by atoms with van der Waals surface area (Å²) in [5, 5.41) is 0.650. The van der Waals surface area contributed by atoms with Crippen molar-refractivity contribution in [1.29, 1.82) is 0 Å². The number of rotatable bonds is 3. The minimum Gasteiger partial charge on any atom is -0.356 e. The number of nitrogens with two attached hydrogens (primary N) is 1. The van der Waals surface area contributed by atoms with E-state index >= 15 is 0 Å². The molecule has 3 rings (SSSR count). The molecule has 2 aromatic rings. The van der Waals surface area contributed by atoms with E-state index in [2.05, 4.69) is 9.97 Å². The van der Waals surface area contributed by atoms with E-state index in [1.807, 2.05) is 11.9 Å². The van der Waals surface area contributed by atoms with E-state index in [9.17, 15) is 13.2 Å². The van der Waals surface area contributed by atoms with E-state index < -0.39 is 12.6 Å². The van der Waals surface area contributed by atoms with Gasteiger partial charge in [0, 0.05) is 24.5 Å². The number of hydrogen-bond donors (Lipinski definition) is 1. The quantitative estimate of drug-likeness (QED) is 0.943. The Kier molecular flexibility index (Phi) is 4.14. The Labute approximate surface area is 132 Å². The van der Waals surface area contributed by atoms with Gasteiger partial charge in [0.25, 0.3) is 0 Å². The fourth-order valence-electron chi connectivity index (χ4n) is 3.23. The molecule has 0 amide bonds. The fourth-order valence-corrected chi connectivity index (χ4v) is 3.23. The maximum Gasteiger partial charge on any atom is 0.393 e. The molecule has 4 nitrogen and oxygen atoms in total. The average molecular weight is 324 g/mol. The van der Waals surface area contributed by atoms with E-state index in [-0.39, 0.29) is 17.6 Å². The largest absolute Gasteiger partial charge is 0.393 e. The molecule has 1 aromatic carbocycles. The van der Waals surface area contributed by atoms with E-state index in [4.69, 9.17) is 5.73 Å². The molecule has 1 saturated carbocycles. The third-order valence-electron chi connectivity index (χ3n) is 4.41. The van der Waals surface area contributed by atoms with Crippen LogP contribution in [0.5, 0.6) is 0 Å². The van der Waals surface area contributed by atoms with Gasteiger partial charge in [-0.1, -0.05) is 6.07 Å². The second-order valence-electron chi connectivity index (χ2n) is 6.18. The summed E-state index contributed by atoms with van der Waals surface area (Å²) in [6.07, 6.45) is -0.942. The summed E-state index contributed by atoms with van der Waals surface area (Å²) in [7, 11) is 1.92. The summed E-state index contributed by atoms with van der Waals surface area (Å²) in [4.78, 5) is 10.5.